The summed E-state index contributed by atoms with van der Waals surface area (Å²) in [7, 11) is 0. The maximum atomic E-state index is 9.74. The van der Waals surface area contributed by atoms with E-state index >= 15 is 0 Å². The molecule has 0 heterocycles. The Kier molecular flexibility index (Phi) is 2.70. The third-order valence-electron chi connectivity index (χ3n) is 7.75. The van der Waals surface area contributed by atoms with Crippen molar-refractivity contribution < 1.29 is 0 Å². The van der Waals surface area contributed by atoms with Gasteiger partial charge in [-0.15, -0.1) is 0 Å². The number of nitrogens with zero attached hydrogens (tertiary/aromatic N) is 1. The van der Waals surface area contributed by atoms with Crippen LogP contribution in [0.3, 0.4) is 0 Å². The van der Waals surface area contributed by atoms with Crippen LogP contribution in [0.5, 0.6) is 0 Å². The van der Waals surface area contributed by atoms with Crippen molar-refractivity contribution in [3.63, 3.8) is 0 Å². The Morgan fingerprint density at radius 2 is 1.64 bits per heavy atom. The second kappa shape index (κ2) is 4.68. The van der Waals surface area contributed by atoms with Gasteiger partial charge in [0.1, 0.15) is 0 Å². The summed E-state index contributed by atoms with van der Waals surface area (Å²) < 4.78 is 0. The topological polar surface area (TPSA) is 23.8 Å². The predicted molar refractivity (Wildman–Crippen MR) is 99.4 cm³/mol. The van der Waals surface area contributed by atoms with Crippen molar-refractivity contribution in [3.8, 4) is 17.2 Å². The van der Waals surface area contributed by atoms with E-state index < -0.39 is 0 Å². The number of hydrogen-bond acceptors (Lipinski definition) is 1. The Hall–Kier alpha value is -1.78. The maximum Gasteiger partial charge on any atom is 0.0998 e. The van der Waals surface area contributed by atoms with Crippen molar-refractivity contribution >= 4 is 11.6 Å². The fourth-order valence-electron chi connectivity index (χ4n) is 7.31. The number of hydrogen-bond donors (Lipinski definition) is 0. The molecule has 4 fully saturated rings. The van der Waals surface area contributed by atoms with Crippen molar-refractivity contribution in [2.45, 2.75) is 37.5 Å². The minimum Gasteiger partial charge on any atom is -0.192 e. The summed E-state index contributed by atoms with van der Waals surface area (Å²) in [4.78, 5) is 0. The second-order valence-corrected chi connectivity index (χ2v) is 9.14. The highest BCUT2D eigenvalue weighted by molar-refractivity contribution is 6.30. The Balaban J connectivity index is 1.72. The van der Waals surface area contributed by atoms with E-state index in [0.717, 1.165) is 34.3 Å². The fraction of sp³-hybridized carbons (Fsp3) is 0.435. The maximum absolute atomic E-state index is 9.74. The molecule has 2 aromatic carbocycles. The zero-order valence-electron chi connectivity index (χ0n) is 14.1. The lowest BCUT2D eigenvalue weighted by atomic mass is 9.43. The van der Waals surface area contributed by atoms with Gasteiger partial charge in [0.2, 0.25) is 0 Å². The lowest BCUT2D eigenvalue weighted by molar-refractivity contribution is -0.0399. The fourth-order valence-corrected chi connectivity index (χ4v) is 7.48. The Labute approximate surface area is 153 Å². The molecule has 0 unspecified atom stereocenters. The zero-order valence-corrected chi connectivity index (χ0v) is 14.9. The highest BCUT2D eigenvalue weighted by Gasteiger charge is 2.61. The largest absolute Gasteiger partial charge is 0.192 e. The van der Waals surface area contributed by atoms with Gasteiger partial charge in [0.05, 0.1) is 11.6 Å². The summed E-state index contributed by atoms with van der Waals surface area (Å²) in [5.41, 5.74) is 6.25. The van der Waals surface area contributed by atoms with Gasteiger partial charge < -0.3 is 0 Å². The molecule has 4 bridgehead atoms. The zero-order chi connectivity index (χ0) is 16.8. The third-order valence-corrected chi connectivity index (χ3v) is 7.99. The van der Waals surface area contributed by atoms with Crippen LogP contribution < -0.4 is 0 Å². The molecule has 0 amide bonds. The molecule has 124 valence electrons. The molecular formula is C23H20ClN. The molecule has 5 aliphatic rings. The summed E-state index contributed by atoms with van der Waals surface area (Å²) >= 11 is 6.47. The van der Waals surface area contributed by atoms with Gasteiger partial charge in [-0.05, 0) is 90.7 Å². The Morgan fingerprint density at radius 1 is 0.920 bits per heavy atom. The van der Waals surface area contributed by atoms with Crippen molar-refractivity contribution in [1.29, 1.82) is 5.26 Å². The molecule has 0 aromatic heterocycles. The highest BCUT2D eigenvalue weighted by Crippen LogP contribution is 2.69. The van der Waals surface area contributed by atoms with Gasteiger partial charge in [0.25, 0.3) is 0 Å². The average Bonchev–Trinajstić information content (AvgIpc) is 2.89. The van der Waals surface area contributed by atoms with Crippen molar-refractivity contribution in [2.75, 3.05) is 0 Å². The van der Waals surface area contributed by atoms with Crippen molar-refractivity contribution in [3.05, 3.63) is 58.1 Å². The van der Waals surface area contributed by atoms with E-state index in [-0.39, 0.29) is 5.41 Å². The average molecular weight is 346 g/mol. The van der Waals surface area contributed by atoms with Gasteiger partial charge in [-0.1, -0.05) is 29.8 Å². The van der Waals surface area contributed by atoms with Crippen LogP contribution in [0.1, 0.15) is 48.8 Å². The molecule has 0 N–H and O–H groups in total. The molecule has 0 saturated heterocycles. The first-order valence-corrected chi connectivity index (χ1v) is 9.93. The number of fused-ring (bicyclic) bond motifs is 3. The van der Waals surface area contributed by atoms with Gasteiger partial charge >= 0.3 is 0 Å². The molecule has 1 nitrogen and oxygen atoms in total. The monoisotopic (exact) mass is 345 g/mol. The number of rotatable bonds is 0. The number of halogens is 1. The molecule has 2 heteroatoms. The van der Waals surface area contributed by atoms with Crippen LogP contribution in [0, 0.1) is 35.0 Å². The first kappa shape index (κ1) is 14.4. The molecular weight excluding hydrogens is 326 g/mol. The highest BCUT2D eigenvalue weighted by atomic mass is 35.5. The van der Waals surface area contributed by atoms with Crippen LogP contribution in [0.25, 0.3) is 11.1 Å². The molecule has 2 aromatic rings. The van der Waals surface area contributed by atoms with Crippen molar-refractivity contribution in [2.24, 2.45) is 23.7 Å². The van der Waals surface area contributed by atoms with Crippen LogP contribution >= 0.6 is 11.6 Å². The van der Waals surface area contributed by atoms with Crippen molar-refractivity contribution in [1.82, 2.24) is 0 Å². The first-order chi connectivity index (χ1) is 12.2. The van der Waals surface area contributed by atoms with Crippen LogP contribution in [-0.4, -0.2) is 0 Å². The van der Waals surface area contributed by atoms with E-state index in [1.165, 1.54) is 54.4 Å². The van der Waals surface area contributed by atoms with Gasteiger partial charge in [0, 0.05) is 16.0 Å². The Bertz CT molecular complexity index is 923. The van der Waals surface area contributed by atoms with E-state index in [0.29, 0.717) is 0 Å². The van der Waals surface area contributed by atoms with E-state index in [1.54, 1.807) is 0 Å². The first-order valence-electron chi connectivity index (χ1n) is 9.55. The quantitative estimate of drug-likeness (QED) is 0.580. The third kappa shape index (κ3) is 1.61. The minimum absolute atomic E-state index is 0.107. The van der Waals surface area contributed by atoms with Crippen LogP contribution in [0.15, 0.2) is 36.4 Å². The van der Waals surface area contributed by atoms with Gasteiger partial charge in [-0.3, -0.25) is 0 Å². The van der Waals surface area contributed by atoms with Crippen LogP contribution in [0.2, 0.25) is 5.02 Å². The van der Waals surface area contributed by atoms with Gasteiger partial charge in [-0.2, -0.15) is 5.26 Å². The van der Waals surface area contributed by atoms with Gasteiger partial charge in [-0.25, -0.2) is 0 Å². The minimum atomic E-state index is 0.107. The number of benzene rings is 2. The van der Waals surface area contributed by atoms with E-state index in [1.807, 2.05) is 12.1 Å². The molecule has 0 atom stereocenters. The molecule has 0 aliphatic heterocycles. The summed E-state index contributed by atoms with van der Waals surface area (Å²) in [5.74, 6) is 3.30. The predicted octanol–water partition coefficient (Wildman–Crippen LogP) is 5.93. The summed E-state index contributed by atoms with van der Waals surface area (Å²) in [6.07, 6.45) is 6.88. The lowest BCUT2D eigenvalue weighted by Crippen LogP contribution is -2.55. The summed E-state index contributed by atoms with van der Waals surface area (Å²) in [6, 6.07) is 15.2. The molecule has 1 spiro atoms. The van der Waals surface area contributed by atoms with E-state index in [4.69, 9.17) is 11.6 Å². The lowest BCUT2D eigenvalue weighted by Gasteiger charge is -2.61. The van der Waals surface area contributed by atoms with E-state index in [9.17, 15) is 5.26 Å². The summed E-state index contributed by atoms with van der Waals surface area (Å²) in [6.45, 7) is 0. The van der Waals surface area contributed by atoms with E-state index in [2.05, 4.69) is 30.3 Å². The second-order valence-electron chi connectivity index (χ2n) is 8.70. The standard InChI is InChI=1S/C23H20ClN/c24-18-4-5-19-21(11-18)23(20-3-1-2-15(12-25)22(19)20)16-7-13-6-14(9-16)10-17(23)8-13/h1-5,11,13-14,16-17H,6-10H2. The number of nitriles is 1. The molecule has 0 radical (unpaired) electrons. The Morgan fingerprint density at radius 3 is 2.32 bits per heavy atom. The molecule has 5 aliphatic carbocycles. The normalized spacial score (nSPS) is 36.3. The molecule has 7 rings (SSSR count). The molecule has 25 heavy (non-hydrogen) atoms. The van der Waals surface area contributed by atoms with Gasteiger partial charge in [0.15, 0.2) is 0 Å². The summed E-state index contributed by atoms with van der Waals surface area (Å²) in [5, 5.41) is 10.6. The molecule has 4 saturated carbocycles. The van der Waals surface area contributed by atoms with Crippen LogP contribution in [-0.2, 0) is 5.41 Å². The SMILES string of the molecule is N#Cc1cccc2c1-c1ccc(Cl)cc1C21C2CC3CC(C2)CC1C3. The van der Waals surface area contributed by atoms with Crippen LogP contribution in [0.4, 0.5) is 0 Å². The smallest absolute Gasteiger partial charge is 0.0998 e.